The first-order chi connectivity index (χ1) is 18.3. The van der Waals surface area contributed by atoms with Gasteiger partial charge in [0.25, 0.3) is 5.91 Å². The maximum absolute atomic E-state index is 13.7. The molecule has 0 unspecified atom stereocenters. The van der Waals surface area contributed by atoms with Crippen molar-refractivity contribution in [3.63, 3.8) is 0 Å². The van der Waals surface area contributed by atoms with E-state index < -0.39 is 18.0 Å². The third kappa shape index (κ3) is 6.46. The predicted octanol–water partition coefficient (Wildman–Crippen LogP) is 1.73. The van der Waals surface area contributed by atoms with Crippen LogP contribution < -0.4 is 15.4 Å². The van der Waals surface area contributed by atoms with Crippen LogP contribution in [0.25, 0.3) is 0 Å². The second-order valence-electron chi connectivity index (χ2n) is 10.9. The van der Waals surface area contributed by atoms with E-state index in [0.717, 1.165) is 12.8 Å². The van der Waals surface area contributed by atoms with Crippen molar-refractivity contribution in [2.24, 2.45) is 5.92 Å². The molecular formula is C28H40N4O6. The second kappa shape index (κ2) is 12.6. The Morgan fingerprint density at radius 1 is 1.11 bits per heavy atom. The van der Waals surface area contributed by atoms with E-state index in [4.69, 9.17) is 9.47 Å². The normalized spacial score (nSPS) is 26.8. The molecule has 4 atom stereocenters. The van der Waals surface area contributed by atoms with Crippen molar-refractivity contribution in [3.05, 3.63) is 29.8 Å². The smallest absolute Gasteiger partial charge is 0.255 e. The van der Waals surface area contributed by atoms with Crippen LogP contribution >= 0.6 is 0 Å². The summed E-state index contributed by atoms with van der Waals surface area (Å²) in [5.74, 6) is -0.638. The Morgan fingerprint density at radius 2 is 1.87 bits per heavy atom. The van der Waals surface area contributed by atoms with E-state index in [1.54, 1.807) is 41.2 Å². The van der Waals surface area contributed by atoms with E-state index in [-0.39, 0.29) is 48.4 Å². The van der Waals surface area contributed by atoms with Gasteiger partial charge in [-0.2, -0.15) is 0 Å². The van der Waals surface area contributed by atoms with Crippen LogP contribution in [0.1, 0.15) is 62.7 Å². The number of methoxy groups -OCH3 is 1. The lowest BCUT2D eigenvalue weighted by atomic mass is 10.0. The summed E-state index contributed by atoms with van der Waals surface area (Å²) < 4.78 is 11.4. The Bertz CT molecular complexity index is 1030. The molecule has 38 heavy (non-hydrogen) atoms. The van der Waals surface area contributed by atoms with E-state index in [1.807, 2.05) is 0 Å². The summed E-state index contributed by atoms with van der Waals surface area (Å²) in [6.45, 7) is 5.69. The van der Waals surface area contributed by atoms with Crippen LogP contribution in [0.3, 0.4) is 0 Å². The van der Waals surface area contributed by atoms with E-state index in [2.05, 4.69) is 24.5 Å². The number of carbonyl (C=O) groups excluding carboxylic acids is 4. The quantitative estimate of drug-likeness (QED) is 0.601. The average Bonchev–Trinajstić information content (AvgIpc) is 3.56. The zero-order valence-corrected chi connectivity index (χ0v) is 22.6. The summed E-state index contributed by atoms with van der Waals surface area (Å²) in [6, 6.07) is 4.78. The number of ether oxygens (including phenoxy) is 2. The first-order valence-electron chi connectivity index (χ1n) is 13.7. The van der Waals surface area contributed by atoms with Crippen LogP contribution in [0.5, 0.6) is 5.75 Å². The monoisotopic (exact) mass is 528 g/mol. The van der Waals surface area contributed by atoms with E-state index in [9.17, 15) is 19.2 Å². The van der Waals surface area contributed by atoms with Crippen molar-refractivity contribution < 1.29 is 28.7 Å². The van der Waals surface area contributed by atoms with E-state index in [0.29, 0.717) is 50.6 Å². The summed E-state index contributed by atoms with van der Waals surface area (Å²) >= 11 is 0. The molecule has 2 saturated heterocycles. The third-order valence-corrected chi connectivity index (χ3v) is 7.55. The molecule has 4 rings (SSSR count). The zero-order chi connectivity index (χ0) is 27.2. The van der Waals surface area contributed by atoms with Crippen LogP contribution in [0, 0.1) is 5.92 Å². The van der Waals surface area contributed by atoms with Crippen molar-refractivity contribution in [2.45, 2.75) is 76.5 Å². The molecule has 2 fully saturated rings. The summed E-state index contributed by atoms with van der Waals surface area (Å²) in [7, 11) is 1.59. The van der Waals surface area contributed by atoms with Gasteiger partial charge in [0.2, 0.25) is 17.7 Å². The fraction of sp³-hybridized carbons (Fsp3) is 0.643. The number of hydrogen-bond acceptors (Lipinski definition) is 6. The van der Waals surface area contributed by atoms with Gasteiger partial charge >= 0.3 is 0 Å². The fourth-order valence-electron chi connectivity index (χ4n) is 5.76. The minimum Gasteiger partial charge on any atom is -0.491 e. The Morgan fingerprint density at radius 3 is 2.63 bits per heavy atom. The molecule has 1 aromatic carbocycles. The molecule has 3 aliphatic rings. The lowest BCUT2D eigenvalue weighted by molar-refractivity contribution is -0.142. The number of fused-ring (bicyclic) bond motifs is 2. The molecule has 2 N–H and O–H groups in total. The van der Waals surface area contributed by atoms with Crippen LogP contribution in [0.15, 0.2) is 24.3 Å². The zero-order valence-electron chi connectivity index (χ0n) is 22.6. The molecule has 3 heterocycles. The molecule has 0 radical (unpaired) electrons. The Balaban J connectivity index is 1.66. The van der Waals surface area contributed by atoms with Gasteiger partial charge in [0.1, 0.15) is 24.4 Å². The summed E-state index contributed by atoms with van der Waals surface area (Å²) in [5.41, 5.74) is 0.276. The molecule has 3 aliphatic heterocycles. The van der Waals surface area contributed by atoms with E-state index >= 15 is 0 Å². The SMILES string of the molecule is COC[C@@H]1CCCN1C(=O)[C@@H]1CC(=O)N2CCC[C@@H]2C(=O)N[C@@H](CC(C)C)COc2ccccc2C(=O)N1. The Kier molecular flexibility index (Phi) is 9.25. The molecule has 0 spiro atoms. The Hall–Kier alpha value is -3.14. The van der Waals surface area contributed by atoms with Crippen molar-refractivity contribution >= 4 is 23.6 Å². The highest BCUT2D eigenvalue weighted by Crippen LogP contribution is 2.25. The lowest BCUT2D eigenvalue weighted by Gasteiger charge is -2.32. The lowest BCUT2D eigenvalue weighted by Crippen LogP contribution is -2.55. The van der Waals surface area contributed by atoms with Gasteiger partial charge in [-0.3, -0.25) is 19.2 Å². The van der Waals surface area contributed by atoms with Gasteiger partial charge in [-0.25, -0.2) is 0 Å². The fourth-order valence-corrected chi connectivity index (χ4v) is 5.76. The number of hydrogen-bond donors (Lipinski definition) is 2. The summed E-state index contributed by atoms with van der Waals surface area (Å²) in [4.78, 5) is 57.3. The van der Waals surface area contributed by atoms with E-state index in [1.165, 1.54) is 0 Å². The number of para-hydroxylation sites is 1. The maximum atomic E-state index is 13.7. The Labute approximate surface area is 224 Å². The number of likely N-dealkylation sites (tertiary alicyclic amines) is 1. The molecule has 4 amide bonds. The maximum Gasteiger partial charge on any atom is 0.255 e. The number of nitrogens with one attached hydrogen (secondary N) is 2. The topological polar surface area (TPSA) is 117 Å². The molecule has 208 valence electrons. The standard InChI is InChI=1S/C28H40N4O6/c1-18(2)14-19-16-38-24-11-5-4-9-21(24)26(34)30-22(28(36)31-12-6-8-20(31)17-37-3)15-25(33)32-13-7-10-23(32)27(35)29-19/h4-5,9,11,18-20,22-23H,6-8,10,12-17H2,1-3H3,(H,29,35)(H,30,34)/t19-,20-,22-,23+/m0/s1. The second-order valence-corrected chi connectivity index (χ2v) is 10.9. The predicted molar refractivity (Wildman–Crippen MR) is 141 cm³/mol. The van der Waals surface area contributed by atoms with Gasteiger partial charge in [-0.05, 0) is 50.2 Å². The largest absolute Gasteiger partial charge is 0.491 e. The van der Waals surface area contributed by atoms with Gasteiger partial charge in [0.05, 0.1) is 30.7 Å². The number of rotatable bonds is 5. The van der Waals surface area contributed by atoms with Crippen LogP contribution in [0.4, 0.5) is 0 Å². The minimum atomic E-state index is -1.07. The number of benzene rings is 1. The van der Waals surface area contributed by atoms with Gasteiger partial charge in [-0.15, -0.1) is 0 Å². The molecule has 10 nitrogen and oxygen atoms in total. The van der Waals surface area contributed by atoms with Gasteiger partial charge in [0.15, 0.2) is 0 Å². The van der Waals surface area contributed by atoms with Crippen LogP contribution in [-0.4, -0.2) is 91.0 Å². The number of nitrogens with zero attached hydrogens (tertiary/aromatic N) is 2. The van der Waals surface area contributed by atoms with Gasteiger partial charge < -0.3 is 29.9 Å². The van der Waals surface area contributed by atoms with Crippen LogP contribution in [0.2, 0.25) is 0 Å². The first kappa shape index (κ1) is 27.9. The molecule has 0 aromatic heterocycles. The highest BCUT2D eigenvalue weighted by molar-refractivity contribution is 6.01. The first-order valence-corrected chi connectivity index (χ1v) is 13.7. The number of amides is 4. The molecule has 0 aliphatic carbocycles. The summed E-state index contributed by atoms with van der Waals surface area (Å²) in [5, 5.41) is 5.92. The molecule has 10 heteroatoms. The average molecular weight is 529 g/mol. The highest BCUT2D eigenvalue weighted by atomic mass is 16.5. The number of carbonyl (C=O) groups is 4. The highest BCUT2D eigenvalue weighted by Gasteiger charge is 2.40. The van der Waals surface area contributed by atoms with Gasteiger partial charge in [0, 0.05) is 20.2 Å². The minimum absolute atomic E-state index is 0.105. The van der Waals surface area contributed by atoms with Crippen LogP contribution in [-0.2, 0) is 19.1 Å². The van der Waals surface area contributed by atoms with Gasteiger partial charge in [-0.1, -0.05) is 26.0 Å². The van der Waals surface area contributed by atoms with Crippen molar-refractivity contribution in [1.82, 2.24) is 20.4 Å². The van der Waals surface area contributed by atoms with Crippen molar-refractivity contribution in [1.29, 1.82) is 0 Å². The molecular weight excluding hydrogens is 488 g/mol. The van der Waals surface area contributed by atoms with Crippen molar-refractivity contribution in [2.75, 3.05) is 33.4 Å². The molecule has 1 aromatic rings. The molecule has 0 saturated carbocycles. The van der Waals surface area contributed by atoms with Crippen molar-refractivity contribution in [3.8, 4) is 5.75 Å². The third-order valence-electron chi connectivity index (χ3n) is 7.55. The summed E-state index contributed by atoms with van der Waals surface area (Å²) in [6.07, 6.45) is 3.36. The molecule has 0 bridgehead atoms.